The third-order valence-corrected chi connectivity index (χ3v) is 5.16. The molecule has 0 radical (unpaired) electrons. The number of fused-ring (bicyclic) bond motifs is 1. The quantitative estimate of drug-likeness (QED) is 0.877. The van der Waals surface area contributed by atoms with Crippen LogP contribution >= 0.6 is 0 Å². The number of benzene rings is 1. The standard InChI is InChI=1S/C17H26N2/c1-12-11-19(3)13(2)10-17(12)18-16-9-8-14-6-4-5-7-15(14)16/h4-7,12-13,16-18H,8-11H2,1-3H3. The van der Waals surface area contributed by atoms with Crippen LogP contribution in [0.25, 0.3) is 0 Å². The lowest BCUT2D eigenvalue weighted by Gasteiger charge is -2.41. The number of nitrogens with zero attached hydrogens (tertiary/aromatic N) is 1. The SMILES string of the molecule is CC1CN(C)C(C)CC1NC1CCc2ccccc21. The molecule has 3 rings (SSSR count). The fourth-order valence-electron chi connectivity index (χ4n) is 3.76. The zero-order valence-electron chi connectivity index (χ0n) is 12.4. The molecule has 19 heavy (non-hydrogen) atoms. The minimum atomic E-state index is 0.583. The Balaban J connectivity index is 1.69. The van der Waals surface area contributed by atoms with E-state index in [2.05, 4.69) is 55.4 Å². The smallest absolute Gasteiger partial charge is 0.0328 e. The van der Waals surface area contributed by atoms with Crippen molar-refractivity contribution in [3.05, 3.63) is 35.4 Å². The Bertz CT molecular complexity index is 443. The fourth-order valence-corrected chi connectivity index (χ4v) is 3.76. The van der Waals surface area contributed by atoms with Gasteiger partial charge in [0.1, 0.15) is 0 Å². The summed E-state index contributed by atoms with van der Waals surface area (Å²) in [5, 5.41) is 3.95. The van der Waals surface area contributed by atoms with Crippen LogP contribution in [-0.4, -0.2) is 30.6 Å². The van der Waals surface area contributed by atoms with Crippen molar-refractivity contribution >= 4 is 0 Å². The van der Waals surface area contributed by atoms with E-state index in [1.165, 1.54) is 25.8 Å². The van der Waals surface area contributed by atoms with Crippen LogP contribution in [0.1, 0.15) is 43.9 Å². The van der Waals surface area contributed by atoms with Gasteiger partial charge in [-0.2, -0.15) is 0 Å². The molecule has 0 bridgehead atoms. The van der Waals surface area contributed by atoms with Crippen molar-refractivity contribution in [2.24, 2.45) is 5.92 Å². The van der Waals surface area contributed by atoms with Crippen molar-refractivity contribution in [1.82, 2.24) is 10.2 Å². The van der Waals surface area contributed by atoms with Gasteiger partial charge in [-0.25, -0.2) is 0 Å². The summed E-state index contributed by atoms with van der Waals surface area (Å²) in [4.78, 5) is 2.49. The zero-order valence-corrected chi connectivity index (χ0v) is 12.4. The third kappa shape index (κ3) is 2.56. The van der Waals surface area contributed by atoms with E-state index in [1.807, 2.05) is 0 Å². The number of hydrogen-bond donors (Lipinski definition) is 1. The van der Waals surface area contributed by atoms with Crippen LogP contribution in [0.3, 0.4) is 0 Å². The average molecular weight is 258 g/mol. The van der Waals surface area contributed by atoms with E-state index >= 15 is 0 Å². The number of hydrogen-bond acceptors (Lipinski definition) is 2. The molecule has 4 unspecified atom stereocenters. The monoisotopic (exact) mass is 258 g/mol. The Morgan fingerprint density at radius 2 is 2.00 bits per heavy atom. The van der Waals surface area contributed by atoms with Crippen LogP contribution < -0.4 is 5.32 Å². The van der Waals surface area contributed by atoms with Crippen molar-refractivity contribution in [3.8, 4) is 0 Å². The Labute approximate surface area is 117 Å². The fraction of sp³-hybridized carbons (Fsp3) is 0.647. The Hall–Kier alpha value is -0.860. The van der Waals surface area contributed by atoms with Gasteiger partial charge in [-0.05, 0) is 50.3 Å². The highest BCUT2D eigenvalue weighted by molar-refractivity contribution is 5.34. The van der Waals surface area contributed by atoms with Gasteiger partial charge in [0.15, 0.2) is 0 Å². The molecule has 2 heteroatoms. The van der Waals surface area contributed by atoms with Crippen LogP contribution in [0, 0.1) is 5.92 Å². The maximum Gasteiger partial charge on any atom is 0.0328 e. The first-order valence-electron chi connectivity index (χ1n) is 7.69. The zero-order chi connectivity index (χ0) is 13.4. The summed E-state index contributed by atoms with van der Waals surface area (Å²) in [6, 6.07) is 10.9. The van der Waals surface area contributed by atoms with Crippen LogP contribution in [0.2, 0.25) is 0 Å². The summed E-state index contributed by atoms with van der Waals surface area (Å²) in [7, 11) is 2.25. The van der Waals surface area contributed by atoms with Crippen molar-refractivity contribution in [2.45, 2.75) is 51.2 Å². The van der Waals surface area contributed by atoms with Crippen molar-refractivity contribution in [2.75, 3.05) is 13.6 Å². The van der Waals surface area contributed by atoms with Gasteiger partial charge in [-0.15, -0.1) is 0 Å². The summed E-state index contributed by atoms with van der Waals surface area (Å²) in [6.45, 7) is 5.96. The molecule has 1 aliphatic heterocycles. The third-order valence-electron chi connectivity index (χ3n) is 5.16. The molecule has 1 aromatic rings. The van der Waals surface area contributed by atoms with Crippen molar-refractivity contribution in [1.29, 1.82) is 0 Å². The highest BCUT2D eigenvalue weighted by atomic mass is 15.2. The summed E-state index contributed by atoms with van der Waals surface area (Å²) in [5.41, 5.74) is 3.09. The topological polar surface area (TPSA) is 15.3 Å². The predicted molar refractivity (Wildman–Crippen MR) is 80.3 cm³/mol. The molecule has 1 heterocycles. The molecular formula is C17H26N2. The average Bonchev–Trinajstić information content (AvgIpc) is 2.80. The van der Waals surface area contributed by atoms with E-state index in [0.717, 1.165) is 5.92 Å². The second kappa shape index (κ2) is 5.26. The second-order valence-electron chi connectivity index (χ2n) is 6.56. The molecule has 0 aromatic heterocycles. The van der Waals surface area contributed by atoms with Gasteiger partial charge in [0.05, 0.1) is 0 Å². The minimum Gasteiger partial charge on any atom is -0.307 e. The van der Waals surface area contributed by atoms with Crippen molar-refractivity contribution < 1.29 is 0 Å². The first kappa shape index (κ1) is 13.1. The summed E-state index contributed by atoms with van der Waals surface area (Å²) in [5.74, 6) is 0.744. The first-order chi connectivity index (χ1) is 9.15. The molecule has 2 aliphatic rings. The molecule has 1 aromatic carbocycles. The van der Waals surface area contributed by atoms with E-state index in [4.69, 9.17) is 0 Å². The van der Waals surface area contributed by atoms with Gasteiger partial charge in [-0.3, -0.25) is 0 Å². The number of aryl methyl sites for hydroxylation is 1. The second-order valence-corrected chi connectivity index (χ2v) is 6.56. The van der Waals surface area contributed by atoms with Gasteiger partial charge in [0, 0.05) is 24.7 Å². The lowest BCUT2D eigenvalue weighted by molar-refractivity contribution is 0.115. The molecule has 1 N–H and O–H groups in total. The molecule has 0 spiro atoms. The predicted octanol–water partition coefficient (Wildman–Crippen LogP) is 2.99. The lowest BCUT2D eigenvalue weighted by atomic mass is 9.89. The van der Waals surface area contributed by atoms with Crippen LogP contribution in [-0.2, 0) is 6.42 Å². The highest BCUT2D eigenvalue weighted by Crippen LogP contribution is 2.33. The number of likely N-dealkylation sites (tertiary alicyclic amines) is 1. The van der Waals surface area contributed by atoms with Crippen LogP contribution in [0.5, 0.6) is 0 Å². The van der Waals surface area contributed by atoms with E-state index in [1.54, 1.807) is 11.1 Å². The Kier molecular flexibility index (Phi) is 3.64. The normalized spacial score (nSPS) is 35.3. The first-order valence-corrected chi connectivity index (χ1v) is 7.69. The number of nitrogens with one attached hydrogen (secondary N) is 1. The maximum atomic E-state index is 3.95. The highest BCUT2D eigenvalue weighted by Gasteiger charge is 2.32. The molecule has 0 amide bonds. The lowest BCUT2D eigenvalue weighted by Crippen LogP contribution is -2.51. The van der Waals surface area contributed by atoms with Crippen molar-refractivity contribution in [3.63, 3.8) is 0 Å². The Morgan fingerprint density at radius 1 is 1.21 bits per heavy atom. The van der Waals surface area contributed by atoms with E-state index < -0.39 is 0 Å². The number of rotatable bonds is 2. The summed E-state index contributed by atoms with van der Waals surface area (Å²) < 4.78 is 0. The van der Waals surface area contributed by atoms with E-state index in [-0.39, 0.29) is 0 Å². The minimum absolute atomic E-state index is 0.583. The summed E-state index contributed by atoms with van der Waals surface area (Å²) >= 11 is 0. The molecule has 0 saturated carbocycles. The van der Waals surface area contributed by atoms with E-state index in [9.17, 15) is 0 Å². The van der Waals surface area contributed by atoms with Crippen LogP contribution in [0.15, 0.2) is 24.3 Å². The Morgan fingerprint density at radius 3 is 2.84 bits per heavy atom. The maximum absolute atomic E-state index is 3.95. The molecular weight excluding hydrogens is 232 g/mol. The van der Waals surface area contributed by atoms with Gasteiger partial charge in [0.2, 0.25) is 0 Å². The van der Waals surface area contributed by atoms with Gasteiger partial charge < -0.3 is 10.2 Å². The molecule has 1 aliphatic carbocycles. The molecule has 2 nitrogen and oxygen atoms in total. The van der Waals surface area contributed by atoms with E-state index in [0.29, 0.717) is 18.1 Å². The van der Waals surface area contributed by atoms with Gasteiger partial charge in [0.25, 0.3) is 0 Å². The van der Waals surface area contributed by atoms with Crippen LogP contribution in [0.4, 0.5) is 0 Å². The number of piperidine rings is 1. The van der Waals surface area contributed by atoms with Gasteiger partial charge >= 0.3 is 0 Å². The molecule has 1 fully saturated rings. The molecule has 104 valence electrons. The molecule has 1 saturated heterocycles. The summed E-state index contributed by atoms with van der Waals surface area (Å²) in [6.07, 6.45) is 3.79. The molecule has 4 atom stereocenters. The van der Waals surface area contributed by atoms with Gasteiger partial charge in [-0.1, -0.05) is 31.2 Å². The largest absolute Gasteiger partial charge is 0.307 e.